The topological polar surface area (TPSA) is 48.1 Å². The van der Waals surface area contributed by atoms with Crippen LogP contribution < -0.4 is 0 Å². The van der Waals surface area contributed by atoms with Crippen molar-refractivity contribution in [2.75, 3.05) is 26.8 Å². The van der Waals surface area contributed by atoms with E-state index >= 15 is 0 Å². The average molecular weight is 303 g/mol. The van der Waals surface area contributed by atoms with Crippen molar-refractivity contribution in [1.29, 1.82) is 0 Å². The van der Waals surface area contributed by atoms with Gasteiger partial charge in [-0.2, -0.15) is 5.10 Å². The van der Waals surface area contributed by atoms with Crippen molar-refractivity contribution >= 4 is 0 Å². The van der Waals surface area contributed by atoms with Crippen LogP contribution in [0.5, 0.6) is 0 Å². The molecule has 6 nitrogen and oxygen atoms in total. The molecule has 0 spiro atoms. The molecule has 0 saturated carbocycles. The van der Waals surface area contributed by atoms with E-state index in [1.807, 2.05) is 12.4 Å². The van der Waals surface area contributed by atoms with E-state index in [1.54, 1.807) is 7.11 Å². The van der Waals surface area contributed by atoms with E-state index in [9.17, 15) is 0 Å². The summed E-state index contributed by atoms with van der Waals surface area (Å²) in [6.45, 7) is 8.81. The highest BCUT2D eigenvalue weighted by molar-refractivity contribution is 5.08. The normalized spacial score (nSPS) is 19.1. The number of likely N-dealkylation sites (tertiary alicyclic amines) is 1. The SMILES string of the molecule is COCCn1ccnc1CN1CC[C@@H](n2nc(C)cc2C)C1. The lowest BCUT2D eigenvalue weighted by molar-refractivity contribution is 0.184. The molecule has 0 N–H and O–H groups in total. The van der Waals surface area contributed by atoms with Crippen LogP contribution in [-0.4, -0.2) is 51.0 Å². The first-order chi connectivity index (χ1) is 10.7. The van der Waals surface area contributed by atoms with Gasteiger partial charge in [-0.25, -0.2) is 4.98 Å². The summed E-state index contributed by atoms with van der Waals surface area (Å²) < 4.78 is 9.52. The molecule has 0 aromatic carbocycles. The summed E-state index contributed by atoms with van der Waals surface area (Å²) in [6, 6.07) is 2.64. The molecule has 22 heavy (non-hydrogen) atoms. The van der Waals surface area contributed by atoms with Crippen LogP contribution in [0.2, 0.25) is 0 Å². The van der Waals surface area contributed by atoms with Gasteiger partial charge in [-0.15, -0.1) is 0 Å². The van der Waals surface area contributed by atoms with Crippen molar-refractivity contribution in [3.8, 4) is 0 Å². The van der Waals surface area contributed by atoms with Gasteiger partial charge in [-0.3, -0.25) is 9.58 Å². The molecule has 1 aliphatic heterocycles. The Kier molecular flexibility index (Phi) is 4.59. The lowest BCUT2D eigenvalue weighted by Crippen LogP contribution is -2.24. The van der Waals surface area contributed by atoms with E-state index in [-0.39, 0.29) is 0 Å². The monoisotopic (exact) mass is 303 g/mol. The van der Waals surface area contributed by atoms with E-state index in [1.165, 1.54) is 5.69 Å². The third-order valence-electron chi connectivity index (χ3n) is 4.34. The fourth-order valence-corrected chi connectivity index (χ4v) is 3.26. The summed E-state index contributed by atoms with van der Waals surface area (Å²) in [7, 11) is 1.73. The van der Waals surface area contributed by atoms with Crippen LogP contribution in [-0.2, 0) is 17.8 Å². The van der Waals surface area contributed by atoms with Crippen molar-refractivity contribution in [3.05, 3.63) is 35.7 Å². The number of hydrogen-bond acceptors (Lipinski definition) is 4. The van der Waals surface area contributed by atoms with E-state index in [0.717, 1.165) is 50.7 Å². The number of aromatic nitrogens is 4. The molecule has 2 aromatic heterocycles. The number of ether oxygens (including phenoxy) is 1. The molecule has 0 unspecified atom stereocenters. The molecule has 1 fully saturated rings. The number of methoxy groups -OCH3 is 1. The van der Waals surface area contributed by atoms with E-state index in [0.29, 0.717) is 6.04 Å². The molecule has 0 radical (unpaired) electrons. The number of rotatable bonds is 6. The van der Waals surface area contributed by atoms with Crippen molar-refractivity contribution in [2.45, 2.75) is 39.4 Å². The van der Waals surface area contributed by atoms with Crippen LogP contribution in [0, 0.1) is 13.8 Å². The van der Waals surface area contributed by atoms with Crippen molar-refractivity contribution < 1.29 is 4.74 Å². The zero-order valence-corrected chi connectivity index (χ0v) is 13.7. The van der Waals surface area contributed by atoms with Gasteiger partial charge in [0.2, 0.25) is 0 Å². The minimum Gasteiger partial charge on any atom is -0.383 e. The highest BCUT2D eigenvalue weighted by atomic mass is 16.5. The molecule has 0 aliphatic carbocycles. The molecule has 1 atom stereocenters. The molecule has 2 aromatic rings. The van der Waals surface area contributed by atoms with Crippen LogP contribution in [0.1, 0.15) is 29.7 Å². The van der Waals surface area contributed by atoms with Crippen molar-refractivity contribution in [1.82, 2.24) is 24.2 Å². The van der Waals surface area contributed by atoms with Gasteiger partial charge < -0.3 is 9.30 Å². The second-order valence-electron chi connectivity index (χ2n) is 6.08. The molecule has 6 heteroatoms. The average Bonchev–Trinajstić information content (AvgIpc) is 3.18. The van der Waals surface area contributed by atoms with Gasteiger partial charge in [-0.1, -0.05) is 0 Å². The Hall–Kier alpha value is -1.66. The third kappa shape index (κ3) is 3.23. The first-order valence-electron chi connectivity index (χ1n) is 7.91. The summed E-state index contributed by atoms with van der Waals surface area (Å²) >= 11 is 0. The fraction of sp³-hybridized carbons (Fsp3) is 0.625. The first-order valence-corrected chi connectivity index (χ1v) is 7.91. The minimum atomic E-state index is 0.482. The number of nitrogens with zero attached hydrogens (tertiary/aromatic N) is 5. The van der Waals surface area contributed by atoms with Gasteiger partial charge in [0.1, 0.15) is 5.82 Å². The summed E-state index contributed by atoms with van der Waals surface area (Å²) in [4.78, 5) is 6.96. The summed E-state index contributed by atoms with van der Waals surface area (Å²) in [6.07, 6.45) is 5.06. The maximum absolute atomic E-state index is 5.16. The van der Waals surface area contributed by atoms with Crippen LogP contribution >= 0.6 is 0 Å². The zero-order valence-electron chi connectivity index (χ0n) is 13.7. The summed E-state index contributed by atoms with van der Waals surface area (Å²) in [5, 5.41) is 4.63. The largest absolute Gasteiger partial charge is 0.383 e. The Morgan fingerprint density at radius 2 is 2.23 bits per heavy atom. The predicted octanol–water partition coefficient (Wildman–Crippen LogP) is 1.79. The van der Waals surface area contributed by atoms with E-state index < -0.39 is 0 Å². The lowest BCUT2D eigenvalue weighted by Gasteiger charge is -2.17. The maximum Gasteiger partial charge on any atom is 0.122 e. The molecule has 0 bridgehead atoms. The van der Waals surface area contributed by atoms with Crippen molar-refractivity contribution in [2.24, 2.45) is 0 Å². The summed E-state index contributed by atoms with van der Waals surface area (Å²) in [5.41, 5.74) is 2.36. The van der Waals surface area contributed by atoms with Gasteiger partial charge in [0.25, 0.3) is 0 Å². The first kappa shape index (κ1) is 15.2. The molecule has 1 saturated heterocycles. The Bertz CT molecular complexity index is 618. The maximum atomic E-state index is 5.16. The van der Waals surface area contributed by atoms with Gasteiger partial charge in [0, 0.05) is 44.8 Å². The smallest absolute Gasteiger partial charge is 0.122 e. The lowest BCUT2D eigenvalue weighted by atomic mass is 10.2. The Balaban J connectivity index is 1.61. The standard InChI is InChI=1S/C16H25N5O/c1-13-10-14(2)21(18-13)15-4-6-19(11-15)12-16-17-5-7-20(16)8-9-22-3/h5,7,10,15H,4,6,8-9,11-12H2,1-3H3/t15-/m1/s1. The summed E-state index contributed by atoms with van der Waals surface area (Å²) in [5.74, 6) is 1.12. The van der Waals surface area contributed by atoms with E-state index in [4.69, 9.17) is 4.74 Å². The predicted molar refractivity (Wildman–Crippen MR) is 84.7 cm³/mol. The van der Waals surface area contributed by atoms with Gasteiger partial charge in [-0.05, 0) is 26.3 Å². The van der Waals surface area contributed by atoms with Crippen molar-refractivity contribution in [3.63, 3.8) is 0 Å². The van der Waals surface area contributed by atoms with Crippen LogP contribution in [0.25, 0.3) is 0 Å². The highest BCUT2D eigenvalue weighted by Gasteiger charge is 2.26. The molecular formula is C16H25N5O. The van der Waals surface area contributed by atoms with Crippen LogP contribution in [0.15, 0.2) is 18.5 Å². The van der Waals surface area contributed by atoms with Crippen LogP contribution in [0.3, 0.4) is 0 Å². The minimum absolute atomic E-state index is 0.482. The van der Waals surface area contributed by atoms with Gasteiger partial charge >= 0.3 is 0 Å². The molecule has 120 valence electrons. The third-order valence-corrected chi connectivity index (χ3v) is 4.34. The molecule has 3 rings (SSSR count). The Morgan fingerprint density at radius 3 is 2.95 bits per heavy atom. The Labute approximate surface area is 131 Å². The number of imidazole rings is 1. The number of hydrogen-bond donors (Lipinski definition) is 0. The quantitative estimate of drug-likeness (QED) is 0.816. The molecule has 0 amide bonds. The van der Waals surface area contributed by atoms with Gasteiger partial charge in [0.05, 0.1) is 24.9 Å². The second-order valence-corrected chi connectivity index (χ2v) is 6.08. The molecule has 3 heterocycles. The molecule has 1 aliphatic rings. The highest BCUT2D eigenvalue weighted by Crippen LogP contribution is 2.24. The second kappa shape index (κ2) is 6.62. The fourth-order valence-electron chi connectivity index (χ4n) is 3.26. The zero-order chi connectivity index (χ0) is 15.5. The molecular weight excluding hydrogens is 278 g/mol. The van der Waals surface area contributed by atoms with Gasteiger partial charge in [0.15, 0.2) is 0 Å². The van der Waals surface area contributed by atoms with E-state index in [2.05, 4.69) is 44.1 Å². The van der Waals surface area contributed by atoms with Crippen LogP contribution in [0.4, 0.5) is 0 Å². The Morgan fingerprint density at radius 1 is 1.36 bits per heavy atom. The number of aryl methyl sites for hydroxylation is 2.